The first-order chi connectivity index (χ1) is 12.1. The van der Waals surface area contributed by atoms with E-state index in [0.717, 1.165) is 31.6 Å². The SMILES string of the molecule is Cc1ccc(=O)n(CC2CCN(c3nc4cc(F)ccc4o3)CC2)n1. The summed E-state index contributed by atoms with van der Waals surface area (Å²) in [6.45, 7) is 4.10. The first-order valence-electron chi connectivity index (χ1n) is 8.44. The van der Waals surface area contributed by atoms with E-state index < -0.39 is 0 Å². The largest absolute Gasteiger partial charge is 0.423 e. The van der Waals surface area contributed by atoms with Crippen LogP contribution < -0.4 is 10.5 Å². The molecule has 1 aliphatic heterocycles. The molecule has 1 aliphatic rings. The van der Waals surface area contributed by atoms with Crippen molar-refractivity contribution in [1.82, 2.24) is 14.8 Å². The van der Waals surface area contributed by atoms with Gasteiger partial charge in [0.2, 0.25) is 0 Å². The third-order valence-corrected chi connectivity index (χ3v) is 4.65. The average Bonchev–Trinajstić information content (AvgIpc) is 3.02. The molecular weight excluding hydrogens is 323 g/mol. The van der Waals surface area contributed by atoms with Gasteiger partial charge in [-0.1, -0.05) is 0 Å². The first-order valence-corrected chi connectivity index (χ1v) is 8.44. The Morgan fingerprint density at radius 1 is 1.24 bits per heavy atom. The van der Waals surface area contributed by atoms with Gasteiger partial charge in [0.15, 0.2) is 5.58 Å². The maximum absolute atomic E-state index is 13.3. The van der Waals surface area contributed by atoms with E-state index in [-0.39, 0.29) is 11.4 Å². The van der Waals surface area contributed by atoms with Crippen LogP contribution in [-0.2, 0) is 6.54 Å². The normalized spacial score (nSPS) is 15.8. The molecule has 0 amide bonds. The minimum atomic E-state index is -0.317. The molecule has 1 saturated heterocycles. The molecule has 0 saturated carbocycles. The number of aromatic nitrogens is 3. The molecule has 4 rings (SSSR count). The van der Waals surface area contributed by atoms with Crippen molar-refractivity contribution in [3.8, 4) is 0 Å². The second-order valence-corrected chi connectivity index (χ2v) is 6.53. The summed E-state index contributed by atoms with van der Waals surface area (Å²) in [7, 11) is 0. The number of oxazole rings is 1. The van der Waals surface area contributed by atoms with E-state index in [1.54, 1.807) is 22.9 Å². The molecule has 3 heterocycles. The first kappa shape index (κ1) is 15.8. The Balaban J connectivity index is 1.43. The predicted molar refractivity (Wildman–Crippen MR) is 92.1 cm³/mol. The zero-order valence-electron chi connectivity index (χ0n) is 14.0. The summed E-state index contributed by atoms with van der Waals surface area (Å²) in [6, 6.07) is 8.18. The quantitative estimate of drug-likeness (QED) is 0.732. The van der Waals surface area contributed by atoms with Crippen molar-refractivity contribution in [3.63, 3.8) is 0 Å². The van der Waals surface area contributed by atoms with Gasteiger partial charge in [0.1, 0.15) is 11.3 Å². The van der Waals surface area contributed by atoms with Gasteiger partial charge in [0.25, 0.3) is 11.6 Å². The maximum Gasteiger partial charge on any atom is 0.298 e. The van der Waals surface area contributed by atoms with E-state index in [4.69, 9.17) is 4.42 Å². The molecule has 6 nitrogen and oxygen atoms in total. The Morgan fingerprint density at radius 2 is 2.04 bits per heavy atom. The molecule has 25 heavy (non-hydrogen) atoms. The number of anilines is 1. The molecule has 0 unspecified atom stereocenters. The number of rotatable bonds is 3. The fraction of sp³-hybridized carbons (Fsp3) is 0.389. The van der Waals surface area contributed by atoms with Crippen LogP contribution >= 0.6 is 0 Å². The minimum absolute atomic E-state index is 0.0611. The molecule has 2 aromatic heterocycles. The van der Waals surface area contributed by atoms with Crippen LogP contribution in [0, 0.1) is 18.7 Å². The van der Waals surface area contributed by atoms with Crippen LogP contribution in [0.4, 0.5) is 10.4 Å². The second-order valence-electron chi connectivity index (χ2n) is 6.53. The van der Waals surface area contributed by atoms with E-state index >= 15 is 0 Å². The van der Waals surface area contributed by atoms with Crippen molar-refractivity contribution in [2.75, 3.05) is 18.0 Å². The zero-order valence-corrected chi connectivity index (χ0v) is 14.0. The van der Waals surface area contributed by atoms with E-state index in [9.17, 15) is 9.18 Å². The Labute approximate surface area is 143 Å². The summed E-state index contributed by atoms with van der Waals surface area (Å²) in [6.07, 6.45) is 1.85. The Morgan fingerprint density at radius 3 is 2.84 bits per heavy atom. The van der Waals surface area contributed by atoms with Crippen molar-refractivity contribution in [2.45, 2.75) is 26.3 Å². The summed E-state index contributed by atoms with van der Waals surface area (Å²) in [5.41, 5.74) is 1.91. The fourth-order valence-corrected chi connectivity index (χ4v) is 3.26. The molecule has 3 aromatic rings. The second kappa shape index (κ2) is 6.31. The standard InChI is InChI=1S/C18H19FN4O2/c1-12-2-5-17(24)23(21-12)11-13-6-8-22(9-7-13)18-20-15-10-14(19)3-4-16(15)25-18/h2-5,10,13H,6-9,11H2,1H3. The molecule has 0 aliphatic carbocycles. The monoisotopic (exact) mass is 342 g/mol. The number of hydrogen-bond donors (Lipinski definition) is 0. The predicted octanol–water partition coefficient (Wildman–Crippen LogP) is 2.75. The smallest absolute Gasteiger partial charge is 0.298 e. The van der Waals surface area contributed by atoms with E-state index in [1.165, 1.54) is 12.1 Å². The van der Waals surface area contributed by atoms with Crippen LogP contribution in [-0.4, -0.2) is 27.9 Å². The highest BCUT2D eigenvalue weighted by molar-refractivity contribution is 5.74. The summed E-state index contributed by atoms with van der Waals surface area (Å²) < 4.78 is 20.6. The third-order valence-electron chi connectivity index (χ3n) is 4.65. The van der Waals surface area contributed by atoms with Gasteiger partial charge in [0.05, 0.1) is 5.69 Å². The van der Waals surface area contributed by atoms with Gasteiger partial charge in [-0.25, -0.2) is 9.07 Å². The van der Waals surface area contributed by atoms with Gasteiger partial charge in [-0.3, -0.25) is 4.79 Å². The molecule has 130 valence electrons. The van der Waals surface area contributed by atoms with Gasteiger partial charge < -0.3 is 9.32 Å². The zero-order chi connectivity index (χ0) is 17.4. The number of hydrogen-bond acceptors (Lipinski definition) is 5. The van der Waals surface area contributed by atoms with Crippen LogP contribution in [0.15, 0.2) is 39.5 Å². The Bertz CT molecular complexity index is 957. The van der Waals surface area contributed by atoms with Gasteiger partial charge in [-0.2, -0.15) is 10.1 Å². The molecule has 0 bridgehead atoms. The molecule has 7 heteroatoms. The highest BCUT2D eigenvalue weighted by Crippen LogP contribution is 2.27. The lowest BCUT2D eigenvalue weighted by Gasteiger charge is -2.30. The van der Waals surface area contributed by atoms with Crippen molar-refractivity contribution in [3.05, 3.63) is 52.2 Å². The van der Waals surface area contributed by atoms with E-state index in [1.807, 2.05) is 6.92 Å². The molecule has 0 radical (unpaired) electrons. The Kier molecular flexibility index (Phi) is 3.99. The van der Waals surface area contributed by atoms with Gasteiger partial charge in [-0.05, 0) is 43.9 Å². The summed E-state index contributed by atoms with van der Waals surface area (Å²) in [4.78, 5) is 18.3. The van der Waals surface area contributed by atoms with Crippen molar-refractivity contribution < 1.29 is 8.81 Å². The van der Waals surface area contributed by atoms with Crippen LogP contribution in [0.3, 0.4) is 0 Å². The lowest BCUT2D eigenvalue weighted by molar-refractivity contribution is 0.327. The van der Waals surface area contributed by atoms with Gasteiger partial charge in [0, 0.05) is 31.8 Å². The molecule has 0 N–H and O–H groups in total. The van der Waals surface area contributed by atoms with Crippen molar-refractivity contribution >= 4 is 17.1 Å². The number of benzene rings is 1. The number of aryl methyl sites for hydroxylation is 1. The molecular formula is C18H19FN4O2. The molecule has 1 fully saturated rings. The number of piperidine rings is 1. The fourth-order valence-electron chi connectivity index (χ4n) is 3.26. The minimum Gasteiger partial charge on any atom is -0.423 e. The number of halogens is 1. The summed E-state index contributed by atoms with van der Waals surface area (Å²) in [5.74, 6) is 0.0761. The van der Waals surface area contributed by atoms with Crippen LogP contribution in [0.1, 0.15) is 18.5 Å². The maximum atomic E-state index is 13.3. The lowest BCUT2D eigenvalue weighted by Crippen LogP contribution is -2.37. The van der Waals surface area contributed by atoms with E-state index in [0.29, 0.717) is 29.6 Å². The number of nitrogens with zero attached hydrogens (tertiary/aromatic N) is 4. The van der Waals surface area contributed by atoms with Crippen molar-refractivity contribution in [1.29, 1.82) is 0 Å². The molecule has 1 aromatic carbocycles. The Hall–Kier alpha value is -2.70. The third kappa shape index (κ3) is 3.26. The molecule has 0 spiro atoms. The lowest BCUT2D eigenvalue weighted by atomic mass is 9.97. The average molecular weight is 342 g/mol. The number of fused-ring (bicyclic) bond motifs is 1. The van der Waals surface area contributed by atoms with Gasteiger partial charge >= 0.3 is 0 Å². The summed E-state index contributed by atoms with van der Waals surface area (Å²) >= 11 is 0. The van der Waals surface area contributed by atoms with Crippen LogP contribution in [0.2, 0.25) is 0 Å². The topological polar surface area (TPSA) is 64.2 Å². The summed E-state index contributed by atoms with van der Waals surface area (Å²) in [5, 5.41) is 4.31. The van der Waals surface area contributed by atoms with Crippen LogP contribution in [0.5, 0.6) is 0 Å². The highest BCUT2D eigenvalue weighted by Gasteiger charge is 2.23. The highest BCUT2D eigenvalue weighted by atomic mass is 19.1. The molecule has 0 atom stereocenters. The van der Waals surface area contributed by atoms with Crippen LogP contribution in [0.25, 0.3) is 11.1 Å². The van der Waals surface area contributed by atoms with E-state index in [2.05, 4.69) is 15.0 Å². The van der Waals surface area contributed by atoms with Crippen molar-refractivity contribution in [2.24, 2.45) is 5.92 Å². The van der Waals surface area contributed by atoms with Gasteiger partial charge in [-0.15, -0.1) is 0 Å².